The lowest BCUT2D eigenvalue weighted by Crippen LogP contribution is -1.96. The van der Waals surface area contributed by atoms with Gasteiger partial charge in [-0.25, -0.2) is 17.2 Å². The third-order valence-electron chi connectivity index (χ3n) is 2.35. The molecule has 0 aliphatic rings. The Morgan fingerprint density at radius 2 is 1.61 bits per heavy atom. The maximum Gasteiger partial charge on any atom is 0.264 e. The Bertz CT molecular complexity index is 699. The van der Waals surface area contributed by atoms with Crippen molar-refractivity contribution in [3.63, 3.8) is 0 Å². The molecule has 0 N–H and O–H groups in total. The van der Waals surface area contributed by atoms with Gasteiger partial charge in [-0.3, -0.25) is 0 Å². The molecule has 2 aromatic rings. The van der Waals surface area contributed by atoms with Gasteiger partial charge in [0.1, 0.15) is 16.5 Å². The molecule has 0 spiro atoms. The molecule has 0 bridgehead atoms. The average Bonchev–Trinajstić information content (AvgIpc) is 2.28. The number of hydrogen-bond acceptors (Lipinski definition) is 2. The molecule has 0 aliphatic carbocycles. The molecule has 0 atom stereocenters. The van der Waals surface area contributed by atoms with Crippen LogP contribution in [0.25, 0.3) is 11.1 Å². The maximum atomic E-state index is 13.3. The van der Waals surface area contributed by atoms with Crippen LogP contribution in [0.4, 0.5) is 8.78 Å². The van der Waals surface area contributed by atoms with E-state index in [4.69, 9.17) is 10.7 Å². The molecule has 0 heterocycles. The summed E-state index contributed by atoms with van der Waals surface area (Å²) in [5, 5.41) is 0. The summed E-state index contributed by atoms with van der Waals surface area (Å²) in [6.07, 6.45) is 0. The minimum absolute atomic E-state index is 0.370. The van der Waals surface area contributed by atoms with Crippen LogP contribution in [-0.2, 0) is 9.05 Å². The van der Waals surface area contributed by atoms with E-state index in [1.165, 1.54) is 24.3 Å². The van der Waals surface area contributed by atoms with Crippen LogP contribution in [0.5, 0.6) is 0 Å². The summed E-state index contributed by atoms with van der Waals surface area (Å²) in [4.78, 5) is -0.620. The quantitative estimate of drug-likeness (QED) is 0.792. The lowest BCUT2D eigenvalue weighted by atomic mass is 10.1. The van der Waals surface area contributed by atoms with Crippen LogP contribution in [0.15, 0.2) is 47.4 Å². The highest BCUT2D eigenvalue weighted by Crippen LogP contribution is 2.26. The molecule has 0 amide bonds. The zero-order valence-electron chi connectivity index (χ0n) is 8.90. The van der Waals surface area contributed by atoms with Gasteiger partial charge in [0.05, 0.1) is 0 Å². The summed E-state index contributed by atoms with van der Waals surface area (Å²) in [5.74, 6) is -1.41. The minimum Gasteiger partial charge on any atom is -0.207 e. The third-order valence-corrected chi connectivity index (χ3v) is 3.69. The Hall–Kier alpha value is -1.46. The second-order valence-electron chi connectivity index (χ2n) is 3.59. The van der Waals surface area contributed by atoms with Gasteiger partial charge >= 0.3 is 0 Å². The first-order valence-corrected chi connectivity index (χ1v) is 7.19. The van der Waals surface area contributed by atoms with E-state index in [1.807, 2.05) is 0 Å². The molecule has 0 saturated heterocycles. The van der Waals surface area contributed by atoms with Crippen molar-refractivity contribution in [2.24, 2.45) is 0 Å². The van der Waals surface area contributed by atoms with E-state index in [2.05, 4.69) is 0 Å². The first-order valence-electron chi connectivity index (χ1n) is 4.88. The summed E-state index contributed by atoms with van der Waals surface area (Å²) < 4.78 is 48.7. The average molecular weight is 289 g/mol. The predicted octanol–water partition coefficient (Wildman–Crippen LogP) is 3.56. The van der Waals surface area contributed by atoms with Gasteiger partial charge in [0.25, 0.3) is 9.05 Å². The first-order chi connectivity index (χ1) is 8.38. The van der Waals surface area contributed by atoms with E-state index in [0.717, 1.165) is 12.1 Å². The van der Waals surface area contributed by atoms with Gasteiger partial charge in [0, 0.05) is 10.7 Å². The van der Waals surface area contributed by atoms with Gasteiger partial charge in [0.15, 0.2) is 0 Å². The number of halogens is 3. The topological polar surface area (TPSA) is 34.1 Å². The Morgan fingerprint density at radius 1 is 0.944 bits per heavy atom. The van der Waals surface area contributed by atoms with Crippen LogP contribution in [0.3, 0.4) is 0 Å². The van der Waals surface area contributed by atoms with E-state index in [0.29, 0.717) is 11.1 Å². The molecule has 94 valence electrons. The van der Waals surface area contributed by atoms with Crippen LogP contribution in [-0.4, -0.2) is 8.42 Å². The highest BCUT2D eigenvalue weighted by atomic mass is 35.7. The fourth-order valence-electron chi connectivity index (χ4n) is 1.54. The normalized spacial score (nSPS) is 11.5. The summed E-state index contributed by atoms with van der Waals surface area (Å²) >= 11 is 0. The van der Waals surface area contributed by atoms with Crippen molar-refractivity contribution in [1.29, 1.82) is 0 Å². The van der Waals surface area contributed by atoms with Gasteiger partial charge in [-0.1, -0.05) is 18.2 Å². The van der Waals surface area contributed by atoms with E-state index < -0.39 is 25.6 Å². The van der Waals surface area contributed by atoms with Crippen molar-refractivity contribution in [2.45, 2.75) is 4.90 Å². The van der Waals surface area contributed by atoms with Gasteiger partial charge in [-0.2, -0.15) is 0 Å². The van der Waals surface area contributed by atoms with Gasteiger partial charge < -0.3 is 0 Å². The molecule has 2 rings (SSSR count). The summed E-state index contributed by atoms with van der Waals surface area (Å²) in [6.45, 7) is 0. The first kappa shape index (κ1) is 13.0. The van der Waals surface area contributed by atoms with Crippen molar-refractivity contribution >= 4 is 19.7 Å². The zero-order valence-corrected chi connectivity index (χ0v) is 10.5. The second-order valence-corrected chi connectivity index (χ2v) is 6.13. The molecule has 18 heavy (non-hydrogen) atoms. The fraction of sp³-hybridized carbons (Fsp3) is 0. The third kappa shape index (κ3) is 2.68. The van der Waals surface area contributed by atoms with Crippen molar-refractivity contribution in [1.82, 2.24) is 0 Å². The number of hydrogen-bond donors (Lipinski definition) is 0. The van der Waals surface area contributed by atoms with Crippen LogP contribution in [0.1, 0.15) is 0 Å². The second kappa shape index (κ2) is 4.66. The minimum atomic E-state index is -4.17. The van der Waals surface area contributed by atoms with Gasteiger partial charge in [-0.15, -0.1) is 0 Å². The molecule has 2 aromatic carbocycles. The molecule has 6 heteroatoms. The monoisotopic (exact) mass is 288 g/mol. The van der Waals surface area contributed by atoms with Crippen LogP contribution in [0.2, 0.25) is 0 Å². The molecule has 0 radical (unpaired) electrons. The molecule has 0 unspecified atom stereocenters. The summed E-state index contributed by atoms with van der Waals surface area (Å²) in [5.41, 5.74) is 0.812. The summed E-state index contributed by atoms with van der Waals surface area (Å²) in [6, 6.07) is 8.95. The Balaban J connectivity index is 2.61. The van der Waals surface area contributed by atoms with Crippen LogP contribution < -0.4 is 0 Å². The lowest BCUT2D eigenvalue weighted by Gasteiger charge is -2.05. The van der Waals surface area contributed by atoms with E-state index in [-0.39, 0.29) is 0 Å². The molecule has 0 fully saturated rings. The molecule has 0 aromatic heterocycles. The summed E-state index contributed by atoms with van der Waals surface area (Å²) in [7, 11) is 0.942. The van der Waals surface area contributed by atoms with Crippen molar-refractivity contribution < 1.29 is 17.2 Å². The maximum absolute atomic E-state index is 13.3. The van der Waals surface area contributed by atoms with Crippen molar-refractivity contribution in [3.05, 3.63) is 54.1 Å². The van der Waals surface area contributed by atoms with Crippen molar-refractivity contribution in [3.8, 4) is 11.1 Å². The zero-order chi connectivity index (χ0) is 13.3. The van der Waals surface area contributed by atoms with Crippen molar-refractivity contribution in [2.75, 3.05) is 0 Å². The molecular formula is C12H7ClF2O2S. The largest absolute Gasteiger partial charge is 0.264 e. The highest BCUT2D eigenvalue weighted by Gasteiger charge is 2.17. The smallest absolute Gasteiger partial charge is 0.207 e. The molecule has 0 saturated carbocycles. The molecular weight excluding hydrogens is 282 g/mol. The Morgan fingerprint density at radius 3 is 2.22 bits per heavy atom. The predicted molar refractivity (Wildman–Crippen MR) is 64.8 cm³/mol. The number of rotatable bonds is 2. The highest BCUT2D eigenvalue weighted by molar-refractivity contribution is 8.13. The Labute approximate surface area is 107 Å². The van der Waals surface area contributed by atoms with Gasteiger partial charge in [-0.05, 0) is 35.4 Å². The number of benzene rings is 2. The SMILES string of the molecule is O=S(=O)(Cl)c1cc(-c2cccc(F)c2)ccc1F. The Kier molecular flexibility index (Phi) is 3.36. The fourth-order valence-corrected chi connectivity index (χ4v) is 2.46. The molecule has 0 aliphatic heterocycles. The van der Waals surface area contributed by atoms with Gasteiger partial charge in [0.2, 0.25) is 0 Å². The van der Waals surface area contributed by atoms with E-state index in [1.54, 1.807) is 6.07 Å². The molecule has 2 nitrogen and oxygen atoms in total. The van der Waals surface area contributed by atoms with Crippen LogP contribution >= 0.6 is 10.7 Å². The van der Waals surface area contributed by atoms with Crippen LogP contribution in [0, 0.1) is 11.6 Å². The van der Waals surface area contributed by atoms with E-state index >= 15 is 0 Å². The standard InChI is InChI=1S/C12H7ClF2O2S/c13-18(16,17)12-7-9(4-5-11(12)15)8-2-1-3-10(14)6-8/h1-7H. The van der Waals surface area contributed by atoms with E-state index in [9.17, 15) is 17.2 Å². The lowest BCUT2D eigenvalue weighted by molar-refractivity contribution is 0.576.